The Kier molecular flexibility index (Phi) is 6.60. The van der Waals surface area contributed by atoms with Crippen molar-refractivity contribution >= 4 is 5.91 Å². The molecule has 5 nitrogen and oxygen atoms in total. The second-order valence-electron chi connectivity index (χ2n) is 5.24. The number of rotatable bonds is 7. The third-order valence-electron chi connectivity index (χ3n) is 3.16. The molecule has 1 fully saturated rings. The van der Waals surface area contributed by atoms with E-state index in [2.05, 4.69) is 19.2 Å². The monoisotopic (exact) mass is 258 g/mol. The first kappa shape index (κ1) is 15.4. The summed E-state index contributed by atoms with van der Waals surface area (Å²) in [7, 11) is 1.57. The maximum Gasteiger partial charge on any atom is 0.239 e. The number of methoxy groups -OCH3 is 1. The summed E-state index contributed by atoms with van der Waals surface area (Å²) in [4.78, 5) is 14.0. The van der Waals surface area contributed by atoms with Gasteiger partial charge in [0, 0.05) is 26.2 Å². The molecule has 1 rings (SSSR count). The lowest BCUT2D eigenvalue weighted by Gasteiger charge is -2.34. The van der Waals surface area contributed by atoms with Crippen molar-refractivity contribution in [2.45, 2.75) is 51.3 Å². The lowest BCUT2D eigenvalue weighted by Crippen LogP contribution is -2.52. The van der Waals surface area contributed by atoms with Crippen molar-refractivity contribution in [2.75, 3.05) is 26.8 Å². The number of likely N-dealkylation sites (tertiary alicyclic amines) is 1. The van der Waals surface area contributed by atoms with Crippen molar-refractivity contribution in [3.05, 3.63) is 0 Å². The highest BCUT2D eigenvalue weighted by atomic mass is 16.5. The predicted molar refractivity (Wildman–Crippen MR) is 70.4 cm³/mol. The molecule has 0 radical (unpaired) electrons. The van der Waals surface area contributed by atoms with Crippen molar-refractivity contribution in [2.24, 2.45) is 0 Å². The quantitative estimate of drug-likeness (QED) is 0.693. The predicted octanol–water partition coefficient (Wildman–Crippen LogP) is 0.373. The summed E-state index contributed by atoms with van der Waals surface area (Å²) in [5, 5.41) is 12.9. The van der Waals surface area contributed by atoms with Crippen molar-refractivity contribution in [3.63, 3.8) is 0 Å². The van der Waals surface area contributed by atoms with Crippen LogP contribution in [0.1, 0.15) is 33.1 Å². The average Bonchev–Trinajstić information content (AvgIpc) is 2.30. The molecule has 1 amide bonds. The van der Waals surface area contributed by atoms with E-state index in [1.54, 1.807) is 7.11 Å². The zero-order chi connectivity index (χ0) is 13.5. The van der Waals surface area contributed by atoms with Crippen LogP contribution in [-0.2, 0) is 9.53 Å². The van der Waals surface area contributed by atoms with Gasteiger partial charge in [0.05, 0.1) is 18.8 Å². The molecule has 0 saturated carbocycles. The first-order valence-corrected chi connectivity index (χ1v) is 6.76. The van der Waals surface area contributed by atoms with Crippen LogP contribution in [0.4, 0.5) is 0 Å². The van der Waals surface area contributed by atoms with Gasteiger partial charge >= 0.3 is 0 Å². The van der Waals surface area contributed by atoms with Crippen LogP contribution in [0.5, 0.6) is 0 Å². The molecule has 0 spiro atoms. The molecule has 0 bridgehead atoms. The van der Waals surface area contributed by atoms with E-state index < -0.39 is 6.10 Å². The fraction of sp³-hybridized carbons (Fsp3) is 0.923. The summed E-state index contributed by atoms with van der Waals surface area (Å²) in [6.07, 6.45) is 2.03. The van der Waals surface area contributed by atoms with Gasteiger partial charge in [-0.25, -0.2) is 0 Å². The van der Waals surface area contributed by atoms with Crippen molar-refractivity contribution in [1.29, 1.82) is 0 Å². The molecule has 1 heterocycles. The molecule has 2 unspecified atom stereocenters. The lowest BCUT2D eigenvalue weighted by molar-refractivity contribution is -0.136. The Balaban J connectivity index is 2.38. The van der Waals surface area contributed by atoms with E-state index in [0.717, 1.165) is 19.4 Å². The van der Waals surface area contributed by atoms with E-state index in [0.29, 0.717) is 25.6 Å². The number of aliphatic hydroxyl groups excluding tert-OH is 1. The molecule has 106 valence electrons. The SMILES string of the molecule is COCC(O)CCN1CCCC(NC(C)C)C1=O. The van der Waals surface area contributed by atoms with E-state index in [4.69, 9.17) is 4.74 Å². The summed E-state index contributed by atoms with van der Waals surface area (Å²) in [5.41, 5.74) is 0. The van der Waals surface area contributed by atoms with Crippen LogP contribution in [0.25, 0.3) is 0 Å². The fourth-order valence-electron chi connectivity index (χ4n) is 2.30. The van der Waals surface area contributed by atoms with Crippen LogP contribution in [0.3, 0.4) is 0 Å². The van der Waals surface area contributed by atoms with Gasteiger partial charge in [0.1, 0.15) is 0 Å². The lowest BCUT2D eigenvalue weighted by atomic mass is 10.0. The van der Waals surface area contributed by atoms with Gasteiger partial charge in [-0.2, -0.15) is 0 Å². The van der Waals surface area contributed by atoms with Crippen molar-refractivity contribution in [3.8, 4) is 0 Å². The van der Waals surface area contributed by atoms with Gasteiger partial charge in [0.15, 0.2) is 0 Å². The zero-order valence-electron chi connectivity index (χ0n) is 11.7. The van der Waals surface area contributed by atoms with E-state index in [-0.39, 0.29) is 11.9 Å². The number of ether oxygens (including phenoxy) is 1. The third kappa shape index (κ3) is 4.92. The molecule has 1 aliphatic rings. The molecule has 0 aromatic heterocycles. The first-order valence-electron chi connectivity index (χ1n) is 6.76. The Labute approximate surface area is 109 Å². The van der Waals surface area contributed by atoms with Crippen LogP contribution in [-0.4, -0.2) is 60.9 Å². The highest BCUT2D eigenvalue weighted by Crippen LogP contribution is 2.13. The number of nitrogens with zero attached hydrogens (tertiary/aromatic N) is 1. The van der Waals surface area contributed by atoms with Gasteiger partial charge in [-0.3, -0.25) is 4.79 Å². The number of carbonyl (C=O) groups is 1. The Morgan fingerprint density at radius 2 is 2.28 bits per heavy atom. The van der Waals surface area contributed by atoms with Gasteiger partial charge in [0.25, 0.3) is 0 Å². The number of hydrogen-bond donors (Lipinski definition) is 2. The standard InChI is InChI=1S/C13H26N2O3/c1-10(2)14-12-5-4-7-15(13(12)17)8-6-11(16)9-18-3/h10-12,14,16H,4-9H2,1-3H3. The molecule has 2 atom stereocenters. The Morgan fingerprint density at radius 3 is 2.89 bits per heavy atom. The van der Waals surface area contributed by atoms with E-state index in [1.807, 2.05) is 4.90 Å². The Bertz CT molecular complexity index is 259. The van der Waals surface area contributed by atoms with Crippen molar-refractivity contribution in [1.82, 2.24) is 10.2 Å². The van der Waals surface area contributed by atoms with E-state index in [1.165, 1.54) is 0 Å². The second kappa shape index (κ2) is 7.71. The van der Waals surface area contributed by atoms with Crippen LogP contribution in [0, 0.1) is 0 Å². The number of nitrogens with one attached hydrogen (secondary N) is 1. The molecule has 0 aromatic rings. The van der Waals surface area contributed by atoms with Crippen LogP contribution >= 0.6 is 0 Å². The number of piperidine rings is 1. The van der Waals surface area contributed by atoms with Gasteiger partial charge in [-0.1, -0.05) is 13.8 Å². The molecule has 5 heteroatoms. The molecule has 2 N–H and O–H groups in total. The molecular formula is C13H26N2O3. The molecule has 18 heavy (non-hydrogen) atoms. The van der Waals surface area contributed by atoms with Crippen LogP contribution in [0.15, 0.2) is 0 Å². The summed E-state index contributed by atoms with van der Waals surface area (Å²) in [6.45, 7) is 5.84. The summed E-state index contributed by atoms with van der Waals surface area (Å²) in [5.74, 6) is 0.166. The third-order valence-corrected chi connectivity index (χ3v) is 3.16. The molecule has 0 aliphatic carbocycles. The molecular weight excluding hydrogens is 232 g/mol. The average molecular weight is 258 g/mol. The number of aliphatic hydroxyl groups is 1. The minimum Gasteiger partial charge on any atom is -0.391 e. The molecule has 1 aliphatic heterocycles. The zero-order valence-corrected chi connectivity index (χ0v) is 11.7. The summed E-state index contributed by atoms with van der Waals surface area (Å²) < 4.78 is 4.88. The minimum absolute atomic E-state index is 0.0571. The smallest absolute Gasteiger partial charge is 0.239 e. The van der Waals surface area contributed by atoms with Gasteiger partial charge < -0.3 is 20.1 Å². The fourth-order valence-corrected chi connectivity index (χ4v) is 2.30. The number of carbonyl (C=O) groups excluding carboxylic acids is 1. The molecule has 0 aromatic carbocycles. The van der Waals surface area contributed by atoms with Crippen LogP contribution in [0.2, 0.25) is 0 Å². The summed E-state index contributed by atoms with van der Waals surface area (Å²) >= 11 is 0. The van der Waals surface area contributed by atoms with Gasteiger partial charge in [-0.05, 0) is 19.3 Å². The highest BCUT2D eigenvalue weighted by Gasteiger charge is 2.28. The maximum absolute atomic E-state index is 12.2. The second-order valence-corrected chi connectivity index (χ2v) is 5.24. The minimum atomic E-state index is -0.485. The highest BCUT2D eigenvalue weighted by molar-refractivity contribution is 5.82. The number of amides is 1. The molecule has 1 saturated heterocycles. The first-order chi connectivity index (χ1) is 8.54. The largest absolute Gasteiger partial charge is 0.391 e. The normalized spacial score (nSPS) is 22.6. The number of hydrogen-bond acceptors (Lipinski definition) is 4. The van der Waals surface area contributed by atoms with Gasteiger partial charge in [0.2, 0.25) is 5.91 Å². The van der Waals surface area contributed by atoms with Gasteiger partial charge in [-0.15, -0.1) is 0 Å². The van der Waals surface area contributed by atoms with E-state index >= 15 is 0 Å². The van der Waals surface area contributed by atoms with E-state index in [9.17, 15) is 9.90 Å². The maximum atomic E-state index is 12.2. The topological polar surface area (TPSA) is 61.8 Å². The van der Waals surface area contributed by atoms with Crippen LogP contribution < -0.4 is 5.32 Å². The summed E-state index contributed by atoms with van der Waals surface area (Å²) in [6, 6.07) is 0.260. The Hall–Kier alpha value is -0.650. The van der Waals surface area contributed by atoms with Crippen molar-refractivity contribution < 1.29 is 14.6 Å². The Morgan fingerprint density at radius 1 is 1.56 bits per heavy atom.